The Morgan fingerprint density at radius 1 is 1.23 bits per heavy atom. The van der Waals surface area contributed by atoms with Crippen molar-refractivity contribution in [1.29, 1.82) is 0 Å². The maximum atomic E-state index is 5.44. The Balaban J connectivity index is 1.56. The third-order valence-corrected chi connectivity index (χ3v) is 4.54. The molecule has 22 heavy (non-hydrogen) atoms. The van der Waals surface area contributed by atoms with Crippen LogP contribution < -0.4 is 9.64 Å². The van der Waals surface area contributed by atoms with E-state index in [4.69, 9.17) is 4.74 Å². The highest BCUT2D eigenvalue weighted by Crippen LogP contribution is 2.17. The zero-order valence-electron chi connectivity index (χ0n) is 13.0. The molecule has 0 radical (unpaired) electrons. The highest BCUT2D eigenvalue weighted by molar-refractivity contribution is 7.09. The van der Waals surface area contributed by atoms with Crippen molar-refractivity contribution >= 4 is 17.3 Å². The Bertz CT molecular complexity index is 609. The van der Waals surface area contributed by atoms with E-state index in [0.29, 0.717) is 12.5 Å². The number of aromatic nitrogens is 3. The molecule has 0 aliphatic carbocycles. The molecule has 0 bridgehead atoms. The van der Waals surface area contributed by atoms with Crippen molar-refractivity contribution in [3.63, 3.8) is 0 Å². The standard InChI is InChI=1S/C15H21N5OS/c1-3-21-13-4-5-16-15(18-13)20-8-6-19(7-9-20)10-14-17-12(2)11-22-14/h4-5,11H,3,6-10H2,1-2H3. The zero-order valence-corrected chi connectivity index (χ0v) is 13.8. The van der Waals surface area contributed by atoms with Crippen LogP contribution in [-0.4, -0.2) is 52.6 Å². The molecular formula is C15H21N5OS. The van der Waals surface area contributed by atoms with Crippen LogP contribution in [0.25, 0.3) is 0 Å². The van der Waals surface area contributed by atoms with Crippen molar-refractivity contribution in [2.75, 3.05) is 37.7 Å². The summed E-state index contributed by atoms with van der Waals surface area (Å²) in [5, 5.41) is 3.30. The minimum atomic E-state index is 0.622. The second-order valence-corrected chi connectivity index (χ2v) is 6.22. The van der Waals surface area contributed by atoms with E-state index < -0.39 is 0 Å². The van der Waals surface area contributed by atoms with E-state index >= 15 is 0 Å². The van der Waals surface area contributed by atoms with E-state index in [2.05, 4.69) is 30.1 Å². The van der Waals surface area contributed by atoms with Crippen LogP contribution in [0.1, 0.15) is 17.6 Å². The van der Waals surface area contributed by atoms with Crippen LogP contribution in [0.4, 0.5) is 5.95 Å². The molecule has 0 atom stereocenters. The molecule has 7 heteroatoms. The van der Waals surface area contributed by atoms with Gasteiger partial charge < -0.3 is 9.64 Å². The summed E-state index contributed by atoms with van der Waals surface area (Å²) < 4.78 is 5.44. The average molecular weight is 319 g/mol. The monoisotopic (exact) mass is 319 g/mol. The van der Waals surface area contributed by atoms with E-state index in [0.717, 1.165) is 44.4 Å². The molecule has 2 aromatic rings. The number of ether oxygens (including phenoxy) is 1. The summed E-state index contributed by atoms with van der Waals surface area (Å²) in [6.07, 6.45) is 1.76. The lowest BCUT2D eigenvalue weighted by Crippen LogP contribution is -2.46. The van der Waals surface area contributed by atoms with Gasteiger partial charge in [0.1, 0.15) is 5.01 Å². The molecule has 0 amide bonds. The van der Waals surface area contributed by atoms with Crippen molar-refractivity contribution in [3.8, 4) is 5.88 Å². The van der Waals surface area contributed by atoms with Gasteiger partial charge in [-0.05, 0) is 13.8 Å². The molecule has 1 aliphatic rings. The molecule has 1 aliphatic heterocycles. The minimum Gasteiger partial charge on any atom is -0.478 e. The number of rotatable bonds is 5. The van der Waals surface area contributed by atoms with Gasteiger partial charge in [-0.1, -0.05) is 0 Å². The quantitative estimate of drug-likeness (QED) is 0.840. The molecule has 0 spiro atoms. The van der Waals surface area contributed by atoms with Gasteiger partial charge in [-0.3, -0.25) is 4.90 Å². The fraction of sp³-hybridized carbons (Fsp3) is 0.533. The lowest BCUT2D eigenvalue weighted by Gasteiger charge is -2.34. The molecule has 1 fully saturated rings. The Morgan fingerprint density at radius 2 is 2.05 bits per heavy atom. The normalized spacial score (nSPS) is 16.0. The smallest absolute Gasteiger partial charge is 0.228 e. The second kappa shape index (κ2) is 7.02. The summed E-state index contributed by atoms with van der Waals surface area (Å²) in [6, 6.07) is 1.80. The molecule has 0 unspecified atom stereocenters. The Labute approximate surface area is 134 Å². The molecular weight excluding hydrogens is 298 g/mol. The van der Waals surface area contributed by atoms with Crippen LogP contribution in [0.15, 0.2) is 17.6 Å². The fourth-order valence-electron chi connectivity index (χ4n) is 2.49. The van der Waals surface area contributed by atoms with E-state index in [1.165, 1.54) is 5.01 Å². The van der Waals surface area contributed by atoms with Crippen LogP contribution in [0.5, 0.6) is 5.88 Å². The Kier molecular flexibility index (Phi) is 4.84. The number of aryl methyl sites for hydroxylation is 1. The van der Waals surface area contributed by atoms with Gasteiger partial charge in [-0.2, -0.15) is 4.98 Å². The average Bonchev–Trinajstić information content (AvgIpc) is 2.94. The summed E-state index contributed by atoms with van der Waals surface area (Å²) in [5.74, 6) is 1.41. The van der Waals surface area contributed by atoms with E-state index in [9.17, 15) is 0 Å². The zero-order chi connectivity index (χ0) is 15.4. The highest BCUT2D eigenvalue weighted by Gasteiger charge is 2.20. The summed E-state index contributed by atoms with van der Waals surface area (Å²) in [6.45, 7) is 9.42. The first-order valence-corrected chi connectivity index (χ1v) is 8.46. The predicted octanol–water partition coefficient (Wildman–Crippen LogP) is 1.96. The van der Waals surface area contributed by atoms with Crippen LogP contribution in [-0.2, 0) is 6.54 Å². The molecule has 0 N–H and O–H groups in total. The van der Waals surface area contributed by atoms with Gasteiger partial charge in [0.05, 0.1) is 13.2 Å². The number of thiazole rings is 1. The molecule has 118 valence electrons. The van der Waals surface area contributed by atoms with Crippen LogP contribution in [0.3, 0.4) is 0 Å². The minimum absolute atomic E-state index is 0.622. The van der Waals surface area contributed by atoms with Gasteiger partial charge in [-0.15, -0.1) is 11.3 Å². The van der Waals surface area contributed by atoms with Gasteiger partial charge in [0, 0.05) is 49.5 Å². The maximum absolute atomic E-state index is 5.44. The summed E-state index contributed by atoms with van der Waals surface area (Å²) in [5.41, 5.74) is 1.11. The summed E-state index contributed by atoms with van der Waals surface area (Å²) >= 11 is 1.74. The SMILES string of the molecule is CCOc1ccnc(N2CCN(Cc3nc(C)cs3)CC2)n1. The Hall–Kier alpha value is -1.73. The number of anilines is 1. The largest absolute Gasteiger partial charge is 0.478 e. The molecule has 2 aromatic heterocycles. The van der Waals surface area contributed by atoms with Crippen molar-refractivity contribution in [1.82, 2.24) is 19.9 Å². The first-order valence-electron chi connectivity index (χ1n) is 7.58. The van der Waals surface area contributed by atoms with Crippen LogP contribution >= 0.6 is 11.3 Å². The molecule has 3 heterocycles. The fourth-order valence-corrected chi connectivity index (χ4v) is 3.30. The molecule has 1 saturated heterocycles. The second-order valence-electron chi connectivity index (χ2n) is 5.27. The van der Waals surface area contributed by atoms with E-state index in [-0.39, 0.29) is 0 Å². The van der Waals surface area contributed by atoms with Gasteiger partial charge in [0.25, 0.3) is 0 Å². The van der Waals surface area contributed by atoms with E-state index in [1.807, 2.05) is 13.8 Å². The summed E-state index contributed by atoms with van der Waals surface area (Å²) in [7, 11) is 0. The van der Waals surface area contributed by atoms with Crippen LogP contribution in [0.2, 0.25) is 0 Å². The van der Waals surface area contributed by atoms with Crippen molar-refractivity contribution in [2.24, 2.45) is 0 Å². The third-order valence-electron chi connectivity index (χ3n) is 3.59. The number of hydrogen-bond acceptors (Lipinski definition) is 7. The first kappa shape index (κ1) is 15.2. The highest BCUT2D eigenvalue weighted by atomic mass is 32.1. The molecule has 6 nitrogen and oxygen atoms in total. The number of hydrogen-bond donors (Lipinski definition) is 0. The van der Waals surface area contributed by atoms with Crippen molar-refractivity contribution in [3.05, 3.63) is 28.3 Å². The maximum Gasteiger partial charge on any atom is 0.228 e. The third kappa shape index (κ3) is 3.72. The molecule has 3 rings (SSSR count). The Morgan fingerprint density at radius 3 is 2.73 bits per heavy atom. The lowest BCUT2D eigenvalue weighted by molar-refractivity contribution is 0.248. The van der Waals surface area contributed by atoms with Gasteiger partial charge >= 0.3 is 0 Å². The number of piperazine rings is 1. The number of nitrogens with zero attached hydrogens (tertiary/aromatic N) is 5. The van der Waals surface area contributed by atoms with Crippen molar-refractivity contribution < 1.29 is 4.74 Å². The van der Waals surface area contributed by atoms with Crippen LogP contribution in [0, 0.1) is 6.92 Å². The van der Waals surface area contributed by atoms with Gasteiger partial charge in [-0.25, -0.2) is 9.97 Å². The first-order chi connectivity index (χ1) is 10.7. The van der Waals surface area contributed by atoms with Gasteiger partial charge in [0.15, 0.2) is 0 Å². The van der Waals surface area contributed by atoms with Gasteiger partial charge in [0.2, 0.25) is 11.8 Å². The van der Waals surface area contributed by atoms with E-state index in [1.54, 1.807) is 23.6 Å². The lowest BCUT2D eigenvalue weighted by atomic mass is 10.3. The molecule has 0 aromatic carbocycles. The van der Waals surface area contributed by atoms with Crippen molar-refractivity contribution in [2.45, 2.75) is 20.4 Å². The predicted molar refractivity (Wildman–Crippen MR) is 87.5 cm³/mol. The molecule has 0 saturated carbocycles. The summed E-state index contributed by atoms with van der Waals surface area (Å²) in [4.78, 5) is 18.0. The topological polar surface area (TPSA) is 54.4 Å².